The van der Waals surface area contributed by atoms with Gasteiger partial charge in [0.25, 0.3) is 0 Å². The summed E-state index contributed by atoms with van der Waals surface area (Å²) in [6.45, 7) is 7.02. The van der Waals surface area contributed by atoms with Gasteiger partial charge in [0.2, 0.25) is 10.0 Å². The van der Waals surface area contributed by atoms with E-state index < -0.39 is 15.6 Å². The van der Waals surface area contributed by atoms with Crippen molar-refractivity contribution in [1.82, 2.24) is 14.1 Å². The zero-order valence-electron chi connectivity index (χ0n) is 11.7. The van der Waals surface area contributed by atoms with E-state index in [2.05, 4.69) is 5.10 Å². The molecule has 0 amide bonds. The highest BCUT2D eigenvalue weighted by Gasteiger charge is 2.36. The number of alkyl halides is 1. The lowest BCUT2D eigenvalue weighted by atomic mass is 10.1. The highest BCUT2D eigenvalue weighted by molar-refractivity contribution is 7.89. The molecule has 104 valence electrons. The van der Waals surface area contributed by atoms with Crippen molar-refractivity contribution in [2.45, 2.75) is 38.1 Å². The smallest absolute Gasteiger partial charge is 0.247 e. The van der Waals surface area contributed by atoms with Crippen molar-refractivity contribution >= 4 is 21.6 Å². The summed E-state index contributed by atoms with van der Waals surface area (Å²) in [5, 5.41) is 4.15. The van der Waals surface area contributed by atoms with Gasteiger partial charge in [-0.1, -0.05) is 0 Å². The minimum absolute atomic E-state index is 0.223. The van der Waals surface area contributed by atoms with Crippen molar-refractivity contribution in [3.63, 3.8) is 0 Å². The Kier molecular flexibility index (Phi) is 4.15. The molecular formula is C11H20ClN3O2S. The Morgan fingerprint density at radius 2 is 1.89 bits per heavy atom. The molecule has 0 radical (unpaired) electrons. The molecule has 0 fully saturated rings. The number of aryl methyl sites for hydroxylation is 2. The Morgan fingerprint density at radius 1 is 1.39 bits per heavy atom. The molecule has 18 heavy (non-hydrogen) atoms. The number of aromatic nitrogens is 2. The maximum absolute atomic E-state index is 12.6. The summed E-state index contributed by atoms with van der Waals surface area (Å²) in [7, 11) is -0.308. The molecule has 0 atom stereocenters. The third-order valence-electron chi connectivity index (χ3n) is 3.24. The standard InChI is InChI=1S/C11H20ClN3O2S/c1-8-10(9(2)14(5)13-8)18(16,17)15(6)11(3,4)7-12/h7H2,1-6H3. The Balaban J connectivity index is 3.39. The molecule has 0 bridgehead atoms. The van der Waals surface area contributed by atoms with E-state index in [1.807, 2.05) is 0 Å². The van der Waals surface area contributed by atoms with E-state index in [4.69, 9.17) is 11.6 Å². The van der Waals surface area contributed by atoms with E-state index >= 15 is 0 Å². The second-order valence-electron chi connectivity index (χ2n) is 5.04. The molecule has 1 aromatic rings. The van der Waals surface area contributed by atoms with E-state index in [1.165, 1.54) is 4.31 Å². The second kappa shape index (κ2) is 4.83. The predicted molar refractivity (Wildman–Crippen MR) is 72.4 cm³/mol. The molecule has 7 heteroatoms. The van der Waals surface area contributed by atoms with E-state index in [-0.39, 0.29) is 10.8 Å². The van der Waals surface area contributed by atoms with Gasteiger partial charge >= 0.3 is 0 Å². The fraction of sp³-hybridized carbons (Fsp3) is 0.727. The summed E-state index contributed by atoms with van der Waals surface area (Å²) in [6, 6.07) is 0. The Hall–Kier alpha value is -0.590. The molecule has 0 aliphatic rings. The topological polar surface area (TPSA) is 55.2 Å². The van der Waals surface area contributed by atoms with Gasteiger partial charge in [-0.05, 0) is 27.7 Å². The first-order valence-electron chi connectivity index (χ1n) is 5.61. The normalized spacial score (nSPS) is 13.3. The van der Waals surface area contributed by atoms with Gasteiger partial charge in [-0.25, -0.2) is 8.42 Å². The molecule has 1 heterocycles. The zero-order valence-corrected chi connectivity index (χ0v) is 13.2. The molecule has 0 aliphatic carbocycles. The van der Waals surface area contributed by atoms with E-state index in [0.29, 0.717) is 11.4 Å². The molecule has 0 aliphatic heterocycles. The molecule has 1 rings (SSSR count). The fourth-order valence-electron chi connectivity index (χ4n) is 1.67. The Labute approximate surface area is 114 Å². The number of rotatable bonds is 4. The summed E-state index contributed by atoms with van der Waals surface area (Å²) in [5.74, 6) is 0.223. The van der Waals surface area contributed by atoms with Gasteiger partial charge in [-0.3, -0.25) is 4.68 Å². The summed E-state index contributed by atoms with van der Waals surface area (Å²) < 4.78 is 28.1. The average Bonchev–Trinajstić information content (AvgIpc) is 2.52. The van der Waals surface area contributed by atoms with Crippen LogP contribution in [-0.4, -0.2) is 41.0 Å². The molecule has 5 nitrogen and oxygen atoms in total. The van der Waals surface area contributed by atoms with Gasteiger partial charge < -0.3 is 0 Å². The largest absolute Gasteiger partial charge is 0.271 e. The van der Waals surface area contributed by atoms with Crippen molar-refractivity contribution in [3.05, 3.63) is 11.4 Å². The summed E-state index contributed by atoms with van der Waals surface area (Å²) in [5.41, 5.74) is 0.492. The monoisotopic (exact) mass is 293 g/mol. The maximum atomic E-state index is 12.6. The van der Waals surface area contributed by atoms with Gasteiger partial charge in [-0.2, -0.15) is 9.40 Å². The predicted octanol–water partition coefficient (Wildman–Crippen LogP) is 1.67. The maximum Gasteiger partial charge on any atom is 0.247 e. The lowest BCUT2D eigenvalue weighted by Gasteiger charge is -2.32. The van der Waals surface area contributed by atoms with Crippen molar-refractivity contribution in [1.29, 1.82) is 0 Å². The number of nitrogens with zero attached hydrogens (tertiary/aromatic N) is 3. The van der Waals surface area contributed by atoms with Crippen molar-refractivity contribution in [3.8, 4) is 0 Å². The highest BCUT2D eigenvalue weighted by atomic mass is 35.5. The Morgan fingerprint density at radius 3 is 2.22 bits per heavy atom. The van der Waals surface area contributed by atoms with Crippen LogP contribution in [0.25, 0.3) is 0 Å². The van der Waals surface area contributed by atoms with E-state index in [1.54, 1.807) is 46.5 Å². The van der Waals surface area contributed by atoms with Crippen molar-refractivity contribution in [2.75, 3.05) is 12.9 Å². The number of halogens is 1. The minimum Gasteiger partial charge on any atom is -0.271 e. The van der Waals surface area contributed by atoms with Gasteiger partial charge in [-0.15, -0.1) is 11.6 Å². The summed E-state index contributed by atoms with van der Waals surface area (Å²) in [4.78, 5) is 0.269. The van der Waals surface area contributed by atoms with Crippen LogP contribution in [0.5, 0.6) is 0 Å². The zero-order chi connectivity index (χ0) is 14.3. The van der Waals surface area contributed by atoms with Crippen molar-refractivity contribution in [2.24, 2.45) is 7.05 Å². The molecule has 0 aromatic carbocycles. The summed E-state index contributed by atoms with van der Waals surface area (Å²) in [6.07, 6.45) is 0. The molecule has 0 N–H and O–H groups in total. The van der Waals surface area contributed by atoms with Gasteiger partial charge in [0.1, 0.15) is 4.90 Å². The van der Waals surface area contributed by atoms with Crippen LogP contribution >= 0.6 is 11.6 Å². The fourth-order valence-corrected chi connectivity index (χ4v) is 3.83. The lowest BCUT2D eigenvalue weighted by molar-refractivity contribution is 0.295. The van der Waals surface area contributed by atoms with Crippen LogP contribution in [-0.2, 0) is 17.1 Å². The molecule has 0 spiro atoms. The first kappa shape index (κ1) is 15.5. The third-order valence-corrected chi connectivity index (χ3v) is 6.22. The van der Waals surface area contributed by atoms with Crippen LogP contribution in [0.1, 0.15) is 25.2 Å². The molecule has 0 unspecified atom stereocenters. The van der Waals surface area contributed by atoms with Gasteiger partial charge in [0, 0.05) is 25.5 Å². The molecule has 1 aromatic heterocycles. The first-order chi connectivity index (χ1) is 8.05. The van der Waals surface area contributed by atoms with Crippen LogP contribution in [0, 0.1) is 13.8 Å². The van der Waals surface area contributed by atoms with Crippen LogP contribution in [0.4, 0.5) is 0 Å². The average molecular weight is 294 g/mol. The Bertz CT molecular complexity index is 549. The van der Waals surface area contributed by atoms with Crippen molar-refractivity contribution < 1.29 is 8.42 Å². The van der Waals surface area contributed by atoms with Crippen LogP contribution in [0.3, 0.4) is 0 Å². The first-order valence-corrected chi connectivity index (χ1v) is 7.58. The highest BCUT2D eigenvalue weighted by Crippen LogP contribution is 2.27. The quantitative estimate of drug-likeness (QED) is 0.794. The number of hydrogen-bond donors (Lipinski definition) is 0. The third kappa shape index (κ3) is 2.41. The van der Waals surface area contributed by atoms with Gasteiger partial charge in [0.15, 0.2) is 0 Å². The molecule has 0 saturated heterocycles. The van der Waals surface area contributed by atoms with Crippen LogP contribution < -0.4 is 0 Å². The molecule has 0 saturated carbocycles. The number of hydrogen-bond acceptors (Lipinski definition) is 3. The minimum atomic E-state index is -3.58. The van der Waals surface area contributed by atoms with Crippen LogP contribution in [0.2, 0.25) is 0 Å². The second-order valence-corrected chi connectivity index (χ2v) is 7.22. The van der Waals surface area contributed by atoms with E-state index in [9.17, 15) is 8.42 Å². The lowest BCUT2D eigenvalue weighted by Crippen LogP contribution is -2.46. The number of sulfonamides is 1. The van der Waals surface area contributed by atoms with Gasteiger partial charge in [0.05, 0.1) is 11.4 Å². The van der Waals surface area contributed by atoms with Crippen LogP contribution in [0.15, 0.2) is 4.90 Å². The SMILES string of the molecule is Cc1nn(C)c(C)c1S(=O)(=O)N(C)C(C)(C)CCl. The summed E-state index contributed by atoms with van der Waals surface area (Å²) >= 11 is 5.84. The molecular weight excluding hydrogens is 274 g/mol. The van der Waals surface area contributed by atoms with E-state index in [0.717, 1.165) is 0 Å².